The second kappa shape index (κ2) is 6.75. The first-order valence-corrected chi connectivity index (χ1v) is 5.83. The van der Waals surface area contributed by atoms with Gasteiger partial charge < -0.3 is 10.1 Å². The Balaban J connectivity index is 2.26. The van der Waals surface area contributed by atoms with Crippen molar-refractivity contribution in [2.45, 2.75) is 26.1 Å². The molecule has 1 aromatic rings. The number of nitrogens with one attached hydrogen (secondary N) is 1. The van der Waals surface area contributed by atoms with Gasteiger partial charge in [0, 0.05) is 12.6 Å². The van der Waals surface area contributed by atoms with Crippen molar-refractivity contribution in [3.05, 3.63) is 35.4 Å². The zero-order chi connectivity index (χ0) is 13.6. The molecular weight excluding hydrogens is 243 g/mol. The summed E-state index contributed by atoms with van der Waals surface area (Å²) in [4.78, 5) is 0. The Morgan fingerprint density at radius 3 is 2.56 bits per heavy atom. The van der Waals surface area contributed by atoms with Gasteiger partial charge in [0.05, 0.1) is 6.61 Å². The van der Waals surface area contributed by atoms with Crippen molar-refractivity contribution < 1.29 is 17.9 Å². The van der Waals surface area contributed by atoms with Crippen LogP contribution in [0.1, 0.15) is 24.1 Å². The summed E-state index contributed by atoms with van der Waals surface area (Å²) in [5.74, 6) is 0. The van der Waals surface area contributed by atoms with Gasteiger partial charge in [0.25, 0.3) is 0 Å². The molecule has 0 saturated heterocycles. The number of halogens is 3. The fraction of sp³-hybridized carbons (Fsp3) is 0.538. The van der Waals surface area contributed by atoms with Gasteiger partial charge >= 0.3 is 6.18 Å². The molecule has 0 radical (unpaired) electrons. The number of alkyl halides is 3. The highest BCUT2D eigenvalue weighted by Gasteiger charge is 2.27. The second-order valence-corrected chi connectivity index (χ2v) is 4.20. The maximum atomic E-state index is 11.8. The minimum Gasteiger partial charge on any atom is -0.371 e. The average Bonchev–Trinajstić information content (AvgIpc) is 2.27. The van der Waals surface area contributed by atoms with Gasteiger partial charge in [0.2, 0.25) is 0 Å². The van der Waals surface area contributed by atoms with Gasteiger partial charge in [-0.15, -0.1) is 0 Å². The molecule has 0 fully saturated rings. The van der Waals surface area contributed by atoms with Crippen molar-refractivity contribution in [3.63, 3.8) is 0 Å². The molecule has 0 aliphatic heterocycles. The quantitative estimate of drug-likeness (QED) is 0.794. The molecule has 1 N–H and O–H groups in total. The molecule has 0 bridgehead atoms. The van der Waals surface area contributed by atoms with E-state index in [4.69, 9.17) is 0 Å². The molecule has 0 aliphatic carbocycles. The minimum atomic E-state index is -4.25. The SMILES string of the molecule is Cc1ccccc1C(C)NCCOCC(F)(F)F. The van der Waals surface area contributed by atoms with E-state index in [0.29, 0.717) is 6.54 Å². The molecule has 0 saturated carbocycles. The van der Waals surface area contributed by atoms with Gasteiger partial charge in [-0.2, -0.15) is 13.2 Å². The van der Waals surface area contributed by atoms with Crippen molar-refractivity contribution >= 4 is 0 Å². The van der Waals surface area contributed by atoms with E-state index in [1.807, 2.05) is 38.1 Å². The van der Waals surface area contributed by atoms with Crippen LogP contribution < -0.4 is 5.32 Å². The van der Waals surface area contributed by atoms with Crippen molar-refractivity contribution in [1.29, 1.82) is 0 Å². The van der Waals surface area contributed by atoms with E-state index in [2.05, 4.69) is 10.1 Å². The van der Waals surface area contributed by atoms with E-state index in [1.165, 1.54) is 0 Å². The summed E-state index contributed by atoms with van der Waals surface area (Å²) in [6, 6.07) is 8.01. The summed E-state index contributed by atoms with van der Waals surface area (Å²) in [5.41, 5.74) is 2.31. The summed E-state index contributed by atoms with van der Waals surface area (Å²) in [7, 11) is 0. The molecule has 0 aromatic heterocycles. The predicted molar refractivity (Wildman–Crippen MR) is 64.5 cm³/mol. The summed E-state index contributed by atoms with van der Waals surface area (Å²) in [6.45, 7) is 3.24. The van der Waals surface area contributed by atoms with Crippen LogP contribution in [-0.2, 0) is 4.74 Å². The Labute approximate surface area is 105 Å². The number of ether oxygens (including phenoxy) is 1. The van der Waals surface area contributed by atoms with Crippen LogP contribution in [0.5, 0.6) is 0 Å². The van der Waals surface area contributed by atoms with Crippen molar-refractivity contribution in [2.75, 3.05) is 19.8 Å². The first-order valence-electron chi connectivity index (χ1n) is 5.83. The van der Waals surface area contributed by atoms with Crippen LogP contribution in [0, 0.1) is 6.92 Å². The van der Waals surface area contributed by atoms with Gasteiger partial charge in [-0.3, -0.25) is 0 Å². The molecule has 0 amide bonds. The fourth-order valence-electron chi connectivity index (χ4n) is 1.72. The molecule has 102 valence electrons. The lowest BCUT2D eigenvalue weighted by molar-refractivity contribution is -0.173. The second-order valence-electron chi connectivity index (χ2n) is 4.20. The van der Waals surface area contributed by atoms with Crippen LogP contribution in [0.2, 0.25) is 0 Å². The highest BCUT2D eigenvalue weighted by atomic mass is 19.4. The van der Waals surface area contributed by atoms with Crippen molar-refractivity contribution in [2.24, 2.45) is 0 Å². The topological polar surface area (TPSA) is 21.3 Å². The molecule has 1 aromatic carbocycles. The molecule has 0 aliphatic rings. The Bertz CT molecular complexity index is 365. The molecule has 5 heteroatoms. The normalized spacial score (nSPS) is 13.6. The smallest absolute Gasteiger partial charge is 0.371 e. The third-order valence-corrected chi connectivity index (χ3v) is 2.62. The number of aryl methyl sites for hydroxylation is 1. The van der Waals surface area contributed by atoms with Crippen molar-refractivity contribution in [1.82, 2.24) is 5.32 Å². The summed E-state index contributed by atoms with van der Waals surface area (Å²) in [5, 5.41) is 3.13. The lowest BCUT2D eigenvalue weighted by Crippen LogP contribution is -2.26. The van der Waals surface area contributed by atoms with E-state index in [0.717, 1.165) is 11.1 Å². The van der Waals surface area contributed by atoms with Gasteiger partial charge in [-0.1, -0.05) is 24.3 Å². The first-order chi connectivity index (χ1) is 8.40. The molecule has 1 atom stereocenters. The van der Waals surface area contributed by atoms with E-state index >= 15 is 0 Å². The van der Waals surface area contributed by atoms with E-state index < -0.39 is 12.8 Å². The number of rotatable bonds is 6. The highest BCUT2D eigenvalue weighted by Crippen LogP contribution is 2.16. The molecule has 2 nitrogen and oxygen atoms in total. The summed E-state index contributed by atoms with van der Waals surface area (Å²) in [6.07, 6.45) is -4.25. The van der Waals surface area contributed by atoms with Crippen LogP contribution in [0.3, 0.4) is 0 Å². The van der Waals surface area contributed by atoms with Crippen LogP contribution in [-0.4, -0.2) is 25.9 Å². The van der Waals surface area contributed by atoms with E-state index in [1.54, 1.807) is 0 Å². The molecule has 0 spiro atoms. The van der Waals surface area contributed by atoms with E-state index in [9.17, 15) is 13.2 Å². The Kier molecular flexibility index (Phi) is 5.62. The Morgan fingerprint density at radius 2 is 1.94 bits per heavy atom. The predicted octanol–water partition coefficient (Wildman–Crippen LogP) is 3.22. The largest absolute Gasteiger partial charge is 0.411 e. The lowest BCUT2D eigenvalue weighted by Gasteiger charge is -2.16. The van der Waals surface area contributed by atoms with Crippen LogP contribution in [0.15, 0.2) is 24.3 Å². The molecular formula is C13H18F3NO. The number of hydrogen-bond acceptors (Lipinski definition) is 2. The lowest BCUT2D eigenvalue weighted by atomic mass is 10.0. The maximum absolute atomic E-state index is 11.8. The minimum absolute atomic E-state index is 0.0513. The zero-order valence-corrected chi connectivity index (χ0v) is 10.6. The van der Waals surface area contributed by atoms with Crippen LogP contribution >= 0.6 is 0 Å². The highest BCUT2D eigenvalue weighted by molar-refractivity contribution is 5.28. The maximum Gasteiger partial charge on any atom is 0.411 e. The fourth-order valence-corrected chi connectivity index (χ4v) is 1.72. The third kappa shape index (κ3) is 5.51. The molecule has 1 rings (SSSR count). The van der Waals surface area contributed by atoms with Crippen LogP contribution in [0.4, 0.5) is 13.2 Å². The van der Waals surface area contributed by atoms with Gasteiger partial charge in [-0.05, 0) is 25.0 Å². The Morgan fingerprint density at radius 1 is 1.28 bits per heavy atom. The van der Waals surface area contributed by atoms with E-state index in [-0.39, 0.29) is 12.6 Å². The monoisotopic (exact) mass is 261 g/mol. The van der Waals surface area contributed by atoms with Crippen molar-refractivity contribution in [3.8, 4) is 0 Å². The summed E-state index contributed by atoms with van der Waals surface area (Å²) >= 11 is 0. The third-order valence-electron chi connectivity index (χ3n) is 2.62. The number of benzene rings is 1. The van der Waals surface area contributed by atoms with Gasteiger partial charge in [-0.25, -0.2) is 0 Å². The molecule has 18 heavy (non-hydrogen) atoms. The first kappa shape index (κ1) is 15.0. The molecule has 1 unspecified atom stereocenters. The standard InChI is InChI=1S/C13H18F3NO/c1-10-5-3-4-6-12(10)11(2)17-7-8-18-9-13(14,15)16/h3-6,11,17H,7-9H2,1-2H3. The summed E-state index contributed by atoms with van der Waals surface area (Å²) < 4.78 is 40.0. The number of hydrogen-bond donors (Lipinski definition) is 1. The van der Waals surface area contributed by atoms with Gasteiger partial charge in [0.1, 0.15) is 6.61 Å². The van der Waals surface area contributed by atoms with Crippen LogP contribution in [0.25, 0.3) is 0 Å². The van der Waals surface area contributed by atoms with Gasteiger partial charge in [0.15, 0.2) is 0 Å². The zero-order valence-electron chi connectivity index (χ0n) is 10.6. The molecule has 0 heterocycles. The average molecular weight is 261 g/mol. The Hall–Kier alpha value is -1.07.